The van der Waals surface area contributed by atoms with E-state index >= 15 is 0 Å². The first kappa shape index (κ1) is 9.70. The topological polar surface area (TPSA) is 0 Å². The summed E-state index contributed by atoms with van der Waals surface area (Å²) < 4.78 is 0. The Morgan fingerprint density at radius 2 is 1.67 bits per heavy atom. The summed E-state index contributed by atoms with van der Waals surface area (Å²) in [5, 5.41) is 1.58. The van der Waals surface area contributed by atoms with Gasteiger partial charge in [0.25, 0.3) is 0 Å². The van der Waals surface area contributed by atoms with Crippen LogP contribution in [-0.4, -0.2) is 10.5 Å². The molecule has 56 valence electrons. The molecule has 0 heterocycles. The SMILES string of the molecule is CCC(C)SSC(C)C. The third kappa shape index (κ3) is 6.59. The van der Waals surface area contributed by atoms with E-state index in [1.165, 1.54) is 6.42 Å². The Balaban J connectivity index is 3.06. The summed E-state index contributed by atoms with van der Waals surface area (Å²) in [6.45, 7) is 8.98. The molecule has 0 bridgehead atoms. The van der Waals surface area contributed by atoms with Crippen LogP contribution < -0.4 is 0 Å². The summed E-state index contributed by atoms with van der Waals surface area (Å²) in [6, 6.07) is 0. The van der Waals surface area contributed by atoms with Gasteiger partial charge in [-0.1, -0.05) is 49.3 Å². The average molecular weight is 164 g/mol. The highest BCUT2D eigenvalue weighted by Gasteiger charge is 2.00. The van der Waals surface area contributed by atoms with Gasteiger partial charge in [-0.25, -0.2) is 0 Å². The Morgan fingerprint density at radius 1 is 1.11 bits per heavy atom. The summed E-state index contributed by atoms with van der Waals surface area (Å²) >= 11 is 0. The zero-order valence-electron chi connectivity index (χ0n) is 6.68. The highest BCUT2D eigenvalue weighted by atomic mass is 33.1. The summed E-state index contributed by atoms with van der Waals surface area (Å²) in [4.78, 5) is 0. The fourth-order valence-corrected chi connectivity index (χ4v) is 2.47. The zero-order valence-corrected chi connectivity index (χ0v) is 8.31. The maximum absolute atomic E-state index is 2.28. The Bertz CT molecular complexity index is 61.9. The molecule has 0 aliphatic rings. The fraction of sp³-hybridized carbons (Fsp3) is 1.00. The highest BCUT2D eigenvalue weighted by molar-refractivity contribution is 8.77. The molecule has 0 spiro atoms. The maximum Gasteiger partial charge on any atom is 0.0120 e. The lowest BCUT2D eigenvalue weighted by molar-refractivity contribution is 0.912. The van der Waals surface area contributed by atoms with Crippen molar-refractivity contribution in [1.82, 2.24) is 0 Å². The van der Waals surface area contributed by atoms with Crippen molar-refractivity contribution in [2.45, 2.75) is 44.6 Å². The van der Waals surface area contributed by atoms with E-state index in [0.717, 1.165) is 10.5 Å². The van der Waals surface area contributed by atoms with Gasteiger partial charge in [-0.15, -0.1) is 0 Å². The average Bonchev–Trinajstić information content (AvgIpc) is 1.83. The minimum absolute atomic E-state index is 0.768. The first-order valence-corrected chi connectivity index (χ1v) is 5.76. The molecule has 0 N–H and O–H groups in total. The van der Waals surface area contributed by atoms with Crippen LogP contribution in [0.1, 0.15) is 34.1 Å². The molecule has 0 saturated heterocycles. The summed E-state index contributed by atoms with van der Waals surface area (Å²) in [5.41, 5.74) is 0. The van der Waals surface area contributed by atoms with Crippen molar-refractivity contribution >= 4 is 21.6 Å². The number of rotatable bonds is 4. The van der Waals surface area contributed by atoms with Crippen LogP contribution in [0, 0.1) is 0 Å². The van der Waals surface area contributed by atoms with Gasteiger partial charge in [0.05, 0.1) is 0 Å². The van der Waals surface area contributed by atoms with E-state index < -0.39 is 0 Å². The minimum atomic E-state index is 0.768. The van der Waals surface area contributed by atoms with Gasteiger partial charge in [0.1, 0.15) is 0 Å². The first-order chi connectivity index (χ1) is 4.16. The minimum Gasteiger partial charge on any atom is -0.0910 e. The number of hydrogen-bond donors (Lipinski definition) is 0. The molecule has 0 rings (SSSR count). The van der Waals surface area contributed by atoms with Gasteiger partial charge >= 0.3 is 0 Å². The van der Waals surface area contributed by atoms with E-state index in [-0.39, 0.29) is 0 Å². The third-order valence-electron chi connectivity index (χ3n) is 0.987. The Morgan fingerprint density at radius 3 is 2.00 bits per heavy atom. The van der Waals surface area contributed by atoms with Crippen molar-refractivity contribution in [3.05, 3.63) is 0 Å². The van der Waals surface area contributed by atoms with Crippen LogP contribution >= 0.6 is 21.6 Å². The van der Waals surface area contributed by atoms with Crippen LogP contribution in [0.15, 0.2) is 0 Å². The van der Waals surface area contributed by atoms with Crippen LogP contribution in [0.25, 0.3) is 0 Å². The van der Waals surface area contributed by atoms with E-state index in [4.69, 9.17) is 0 Å². The van der Waals surface area contributed by atoms with E-state index in [1.54, 1.807) is 0 Å². The molecule has 1 atom stereocenters. The molecule has 9 heavy (non-hydrogen) atoms. The van der Waals surface area contributed by atoms with Crippen molar-refractivity contribution in [2.24, 2.45) is 0 Å². The van der Waals surface area contributed by atoms with Gasteiger partial charge in [0, 0.05) is 10.5 Å². The predicted molar refractivity (Wildman–Crippen MR) is 50.1 cm³/mol. The monoisotopic (exact) mass is 164 g/mol. The standard InChI is InChI=1S/C7H16S2/c1-5-7(4)9-8-6(2)3/h6-7H,5H2,1-4H3. The van der Waals surface area contributed by atoms with Crippen molar-refractivity contribution in [2.75, 3.05) is 0 Å². The van der Waals surface area contributed by atoms with Crippen molar-refractivity contribution < 1.29 is 0 Å². The third-order valence-corrected chi connectivity index (χ3v) is 4.62. The van der Waals surface area contributed by atoms with Gasteiger partial charge in [0.2, 0.25) is 0 Å². The lowest BCUT2D eigenvalue weighted by atomic mass is 10.4. The van der Waals surface area contributed by atoms with E-state index in [0.29, 0.717) is 0 Å². The summed E-state index contributed by atoms with van der Waals surface area (Å²) in [6.07, 6.45) is 1.28. The molecule has 2 heteroatoms. The maximum atomic E-state index is 2.28. The number of hydrogen-bond acceptors (Lipinski definition) is 2. The van der Waals surface area contributed by atoms with Crippen molar-refractivity contribution in [1.29, 1.82) is 0 Å². The van der Waals surface area contributed by atoms with Gasteiger partial charge in [-0.05, 0) is 6.42 Å². The molecule has 0 aromatic carbocycles. The quantitative estimate of drug-likeness (QED) is 0.583. The molecule has 1 unspecified atom stereocenters. The Labute approximate surface area is 66.6 Å². The molecule has 0 aromatic heterocycles. The lowest BCUT2D eigenvalue weighted by Crippen LogP contribution is -1.91. The fourth-order valence-electron chi connectivity index (χ4n) is 0.274. The van der Waals surface area contributed by atoms with Crippen LogP contribution in [0.4, 0.5) is 0 Å². The predicted octanol–water partition coefficient (Wildman–Crippen LogP) is 3.57. The smallest absolute Gasteiger partial charge is 0.0120 e. The van der Waals surface area contributed by atoms with Crippen LogP contribution in [0.5, 0.6) is 0 Å². The van der Waals surface area contributed by atoms with Crippen molar-refractivity contribution in [3.8, 4) is 0 Å². The molecule has 0 radical (unpaired) electrons. The second kappa shape index (κ2) is 5.48. The van der Waals surface area contributed by atoms with Crippen LogP contribution in [0.3, 0.4) is 0 Å². The zero-order chi connectivity index (χ0) is 7.28. The molecular weight excluding hydrogens is 148 g/mol. The molecule has 0 aromatic rings. The van der Waals surface area contributed by atoms with Gasteiger partial charge in [0.15, 0.2) is 0 Å². The van der Waals surface area contributed by atoms with Crippen LogP contribution in [0.2, 0.25) is 0 Å². The molecule has 0 nitrogen and oxygen atoms in total. The van der Waals surface area contributed by atoms with Crippen molar-refractivity contribution in [3.63, 3.8) is 0 Å². The van der Waals surface area contributed by atoms with E-state index in [1.807, 2.05) is 21.6 Å². The lowest BCUT2D eigenvalue weighted by Gasteiger charge is -2.08. The molecule has 0 aliphatic heterocycles. The normalized spacial score (nSPS) is 14.3. The second-order valence-electron chi connectivity index (χ2n) is 2.46. The van der Waals surface area contributed by atoms with Gasteiger partial charge < -0.3 is 0 Å². The Hall–Kier alpha value is 0.700. The molecule has 0 saturated carbocycles. The Kier molecular flexibility index (Phi) is 5.91. The summed E-state index contributed by atoms with van der Waals surface area (Å²) in [7, 11) is 3.98. The molecule has 0 amide bonds. The van der Waals surface area contributed by atoms with Gasteiger partial charge in [-0.3, -0.25) is 0 Å². The first-order valence-electron chi connectivity index (χ1n) is 3.49. The summed E-state index contributed by atoms with van der Waals surface area (Å²) in [5.74, 6) is 0. The van der Waals surface area contributed by atoms with Crippen LogP contribution in [-0.2, 0) is 0 Å². The highest BCUT2D eigenvalue weighted by Crippen LogP contribution is 2.31. The second-order valence-corrected chi connectivity index (χ2v) is 5.75. The molecule has 0 aliphatic carbocycles. The van der Waals surface area contributed by atoms with Gasteiger partial charge in [-0.2, -0.15) is 0 Å². The molecular formula is C7H16S2. The van der Waals surface area contributed by atoms with E-state index in [9.17, 15) is 0 Å². The van der Waals surface area contributed by atoms with E-state index in [2.05, 4.69) is 27.7 Å². The largest absolute Gasteiger partial charge is 0.0910 e. The molecule has 0 fully saturated rings.